The first-order valence-corrected chi connectivity index (χ1v) is 7.35. The molecule has 0 aliphatic rings. The highest BCUT2D eigenvalue weighted by Crippen LogP contribution is 2.22. The van der Waals surface area contributed by atoms with E-state index in [0.29, 0.717) is 28.5 Å². The molecule has 0 heterocycles. The largest absolute Gasteiger partial charge is 0.294 e. The van der Waals surface area contributed by atoms with E-state index in [2.05, 4.69) is 0 Å². The van der Waals surface area contributed by atoms with E-state index < -0.39 is 0 Å². The minimum atomic E-state index is -0.00333. The molecule has 2 rings (SSSR count). The summed E-state index contributed by atoms with van der Waals surface area (Å²) in [6, 6.07) is 12.8. The van der Waals surface area contributed by atoms with Crippen molar-refractivity contribution < 1.29 is 4.79 Å². The molecule has 0 saturated carbocycles. The van der Waals surface area contributed by atoms with Crippen molar-refractivity contribution in [3.05, 3.63) is 69.2 Å². The van der Waals surface area contributed by atoms with Crippen LogP contribution in [-0.4, -0.2) is 11.2 Å². The zero-order valence-electron chi connectivity index (χ0n) is 10.6. The maximum atomic E-state index is 12.1. The fraction of sp³-hybridized carbons (Fsp3) is 0.125. The van der Waals surface area contributed by atoms with Crippen LogP contribution in [0.5, 0.6) is 0 Å². The third kappa shape index (κ3) is 3.89. The summed E-state index contributed by atoms with van der Waals surface area (Å²) in [6.45, 7) is 0. The Morgan fingerprint density at radius 3 is 2.45 bits per heavy atom. The number of carbonyl (C=O) groups excluding carboxylic acids is 1. The minimum absolute atomic E-state index is 0.00333. The van der Waals surface area contributed by atoms with Crippen molar-refractivity contribution in [2.75, 3.05) is 0 Å². The summed E-state index contributed by atoms with van der Waals surface area (Å²) in [5.41, 5.74) is 2.57. The third-order valence-corrected chi connectivity index (χ3v) is 3.82. The number of Topliss-reactive ketones (excluding diaryl/α,β-unsaturated/α-hetero) is 1. The molecule has 0 fully saturated rings. The van der Waals surface area contributed by atoms with Crippen molar-refractivity contribution in [2.24, 2.45) is 0 Å². The summed E-state index contributed by atoms with van der Waals surface area (Å²) in [5.74, 6) is -0.00333. The topological polar surface area (TPSA) is 17.1 Å². The van der Waals surface area contributed by atoms with Crippen molar-refractivity contribution >= 4 is 46.6 Å². The zero-order chi connectivity index (χ0) is 14.5. The molecule has 0 unspecified atom stereocenters. The quantitative estimate of drug-likeness (QED) is 0.559. The van der Waals surface area contributed by atoms with Gasteiger partial charge < -0.3 is 0 Å². The fourth-order valence-electron chi connectivity index (χ4n) is 1.87. The van der Waals surface area contributed by atoms with E-state index in [1.54, 1.807) is 23.6 Å². The van der Waals surface area contributed by atoms with Crippen LogP contribution in [-0.2, 0) is 6.42 Å². The lowest BCUT2D eigenvalue weighted by Gasteiger charge is -2.05. The first-order valence-electron chi connectivity index (χ1n) is 6.12. The fourth-order valence-corrected chi connectivity index (χ4v) is 2.42. The standard InChI is InChI=1S/C16H12Cl2OS/c17-13-6-7-15(18)14(9-13)16(19)8-5-11-1-3-12(10-20)4-2-11/h1-4,6-7,9-10H,5,8H2. The van der Waals surface area contributed by atoms with Gasteiger partial charge in [0, 0.05) is 22.4 Å². The molecule has 0 amide bonds. The van der Waals surface area contributed by atoms with Crippen LogP contribution in [0.2, 0.25) is 10.0 Å². The van der Waals surface area contributed by atoms with Crippen LogP contribution in [0.4, 0.5) is 0 Å². The van der Waals surface area contributed by atoms with Gasteiger partial charge in [0.2, 0.25) is 0 Å². The second-order valence-corrected chi connectivity index (χ2v) is 5.49. The van der Waals surface area contributed by atoms with Crippen LogP contribution in [0.1, 0.15) is 27.9 Å². The highest BCUT2D eigenvalue weighted by molar-refractivity contribution is 7.79. The molecule has 102 valence electrons. The van der Waals surface area contributed by atoms with Crippen LogP contribution in [0.15, 0.2) is 42.5 Å². The van der Waals surface area contributed by atoms with Gasteiger partial charge in [-0.3, -0.25) is 4.79 Å². The number of thiocarbonyl (C=S) groups is 1. The molecule has 0 aliphatic heterocycles. The average molecular weight is 323 g/mol. The predicted octanol–water partition coefficient (Wildman–Crippen LogP) is 5.16. The monoisotopic (exact) mass is 322 g/mol. The number of ketones is 1. The predicted molar refractivity (Wildman–Crippen MR) is 88.3 cm³/mol. The van der Waals surface area contributed by atoms with Crippen LogP contribution in [0, 0.1) is 0 Å². The average Bonchev–Trinajstić information content (AvgIpc) is 2.47. The van der Waals surface area contributed by atoms with Gasteiger partial charge in [-0.1, -0.05) is 59.7 Å². The van der Waals surface area contributed by atoms with Crippen LogP contribution >= 0.6 is 35.4 Å². The number of halogens is 2. The Kier molecular flexibility index (Phi) is 5.30. The van der Waals surface area contributed by atoms with E-state index in [0.717, 1.165) is 11.1 Å². The molecule has 0 spiro atoms. The number of benzene rings is 2. The SMILES string of the molecule is O=C(CCc1ccc(C=S)cc1)c1cc(Cl)ccc1Cl. The van der Waals surface area contributed by atoms with Gasteiger partial charge in [-0.2, -0.15) is 0 Å². The van der Waals surface area contributed by atoms with Gasteiger partial charge in [0.25, 0.3) is 0 Å². The molecule has 20 heavy (non-hydrogen) atoms. The number of rotatable bonds is 5. The van der Waals surface area contributed by atoms with E-state index in [1.165, 1.54) is 0 Å². The van der Waals surface area contributed by atoms with Crippen molar-refractivity contribution in [3.63, 3.8) is 0 Å². The summed E-state index contributed by atoms with van der Waals surface area (Å²) < 4.78 is 0. The first-order chi connectivity index (χ1) is 9.60. The number of aryl methyl sites for hydroxylation is 1. The first kappa shape index (κ1) is 15.2. The Balaban J connectivity index is 2.04. The Labute approximate surface area is 133 Å². The number of hydrogen-bond donors (Lipinski definition) is 0. The van der Waals surface area contributed by atoms with Gasteiger partial charge in [-0.05, 0) is 35.7 Å². The Morgan fingerprint density at radius 1 is 1.10 bits per heavy atom. The molecule has 2 aromatic carbocycles. The molecule has 0 atom stereocenters. The third-order valence-electron chi connectivity index (χ3n) is 2.99. The summed E-state index contributed by atoms with van der Waals surface area (Å²) >= 11 is 16.8. The molecule has 2 aromatic rings. The van der Waals surface area contributed by atoms with E-state index in [4.69, 9.17) is 35.4 Å². The lowest BCUT2D eigenvalue weighted by atomic mass is 10.0. The Morgan fingerprint density at radius 2 is 1.80 bits per heavy atom. The molecule has 0 saturated heterocycles. The van der Waals surface area contributed by atoms with Crippen molar-refractivity contribution in [1.82, 2.24) is 0 Å². The molecule has 4 heteroatoms. The highest BCUT2D eigenvalue weighted by Gasteiger charge is 2.11. The summed E-state index contributed by atoms with van der Waals surface area (Å²) in [4.78, 5) is 12.1. The molecule has 1 nitrogen and oxygen atoms in total. The molecular weight excluding hydrogens is 311 g/mol. The van der Waals surface area contributed by atoms with Gasteiger partial charge in [-0.25, -0.2) is 0 Å². The van der Waals surface area contributed by atoms with Crippen molar-refractivity contribution in [1.29, 1.82) is 0 Å². The van der Waals surface area contributed by atoms with Crippen LogP contribution in [0.25, 0.3) is 0 Å². The van der Waals surface area contributed by atoms with Crippen molar-refractivity contribution in [2.45, 2.75) is 12.8 Å². The van der Waals surface area contributed by atoms with E-state index in [1.807, 2.05) is 24.3 Å². The summed E-state index contributed by atoms with van der Waals surface area (Å²) in [7, 11) is 0. The molecule has 0 radical (unpaired) electrons. The Hall–Kier alpha value is -1.22. The van der Waals surface area contributed by atoms with Crippen LogP contribution < -0.4 is 0 Å². The molecular formula is C16H12Cl2OS. The van der Waals surface area contributed by atoms with Gasteiger partial charge >= 0.3 is 0 Å². The number of carbonyl (C=O) groups is 1. The highest BCUT2D eigenvalue weighted by atomic mass is 35.5. The van der Waals surface area contributed by atoms with Crippen LogP contribution in [0.3, 0.4) is 0 Å². The summed E-state index contributed by atoms with van der Waals surface area (Å²) in [6.07, 6.45) is 1.07. The summed E-state index contributed by atoms with van der Waals surface area (Å²) in [5, 5.41) is 2.58. The number of hydrogen-bond acceptors (Lipinski definition) is 2. The molecule has 0 bridgehead atoms. The minimum Gasteiger partial charge on any atom is -0.294 e. The van der Waals surface area contributed by atoms with Gasteiger partial charge in [-0.15, -0.1) is 0 Å². The molecule has 0 aromatic heterocycles. The van der Waals surface area contributed by atoms with E-state index >= 15 is 0 Å². The lowest BCUT2D eigenvalue weighted by Crippen LogP contribution is -2.02. The maximum Gasteiger partial charge on any atom is 0.164 e. The van der Waals surface area contributed by atoms with Crippen molar-refractivity contribution in [3.8, 4) is 0 Å². The van der Waals surface area contributed by atoms with Gasteiger partial charge in [0.1, 0.15) is 0 Å². The lowest BCUT2D eigenvalue weighted by molar-refractivity contribution is 0.0983. The van der Waals surface area contributed by atoms with Gasteiger partial charge in [0.05, 0.1) is 5.02 Å². The molecule has 0 aliphatic carbocycles. The maximum absolute atomic E-state index is 12.1. The second kappa shape index (κ2) is 6.98. The van der Waals surface area contributed by atoms with E-state index in [9.17, 15) is 4.79 Å². The normalized spacial score (nSPS) is 10.3. The molecule has 0 N–H and O–H groups in total. The zero-order valence-corrected chi connectivity index (χ0v) is 12.9. The van der Waals surface area contributed by atoms with E-state index in [-0.39, 0.29) is 5.78 Å². The Bertz CT molecular complexity index is 635. The second-order valence-electron chi connectivity index (χ2n) is 4.41. The smallest absolute Gasteiger partial charge is 0.164 e. The van der Waals surface area contributed by atoms with Gasteiger partial charge in [0.15, 0.2) is 5.78 Å².